The van der Waals surface area contributed by atoms with Gasteiger partial charge in [-0.3, -0.25) is 4.79 Å². The molecule has 16 heavy (non-hydrogen) atoms. The predicted molar refractivity (Wildman–Crippen MR) is 64.3 cm³/mol. The second-order valence-corrected chi connectivity index (χ2v) is 4.97. The van der Waals surface area contributed by atoms with Gasteiger partial charge in [0.15, 0.2) is 0 Å². The van der Waals surface area contributed by atoms with Crippen LogP contribution in [-0.2, 0) is 9.53 Å². The van der Waals surface area contributed by atoms with Crippen LogP contribution in [0.25, 0.3) is 0 Å². The van der Waals surface area contributed by atoms with Crippen LogP contribution in [0.2, 0.25) is 0 Å². The topological polar surface area (TPSA) is 41.6 Å². The van der Waals surface area contributed by atoms with Crippen molar-refractivity contribution < 1.29 is 9.53 Å². The van der Waals surface area contributed by atoms with Gasteiger partial charge in [-0.15, -0.1) is 6.58 Å². The second kappa shape index (κ2) is 5.46. The summed E-state index contributed by atoms with van der Waals surface area (Å²) in [6.07, 6.45) is 1.40. The number of hydrogen-bond acceptors (Lipinski definition) is 3. The molecular weight excluding hydrogens is 204 g/mol. The summed E-state index contributed by atoms with van der Waals surface area (Å²) in [4.78, 5) is 14.1. The van der Waals surface area contributed by atoms with Crippen LogP contribution in [0.1, 0.15) is 20.8 Å². The van der Waals surface area contributed by atoms with Gasteiger partial charge >= 0.3 is 0 Å². The van der Waals surface area contributed by atoms with Crippen molar-refractivity contribution in [1.82, 2.24) is 10.2 Å². The van der Waals surface area contributed by atoms with Gasteiger partial charge in [-0.05, 0) is 20.8 Å². The first-order valence-electron chi connectivity index (χ1n) is 5.71. The summed E-state index contributed by atoms with van der Waals surface area (Å²) in [5.41, 5.74) is -0.202. The van der Waals surface area contributed by atoms with E-state index in [0.29, 0.717) is 19.7 Å². The van der Waals surface area contributed by atoms with Gasteiger partial charge in [-0.1, -0.05) is 6.08 Å². The summed E-state index contributed by atoms with van der Waals surface area (Å²) in [6.45, 7) is 12.3. The minimum absolute atomic E-state index is 0.0413. The molecule has 1 saturated heterocycles. The van der Waals surface area contributed by atoms with E-state index in [1.165, 1.54) is 0 Å². The van der Waals surface area contributed by atoms with E-state index in [1.807, 2.05) is 20.8 Å². The Labute approximate surface area is 97.6 Å². The molecule has 4 heteroatoms. The van der Waals surface area contributed by atoms with Crippen LogP contribution in [0.15, 0.2) is 12.7 Å². The molecule has 0 bridgehead atoms. The molecule has 1 atom stereocenters. The largest absolute Gasteiger partial charge is 0.366 e. The third-order valence-corrected chi connectivity index (χ3v) is 2.59. The number of amides is 1. The van der Waals surface area contributed by atoms with Crippen molar-refractivity contribution in [1.29, 1.82) is 0 Å². The van der Waals surface area contributed by atoms with Gasteiger partial charge in [0.2, 0.25) is 0 Å². The van der Waals surface area contributed by atoms with Crippen LogP contribution in [0.5, 0.6) is 0 Å². The molecule has 1 rings (SSSR count). The molecule has 0 radical (unpaired) electrons. The van der Waals surface area contributed by atoms with Crippen LogP contribution in [0.4, 0.5) is 0 Å². The maximum absolute atomic E-state index is 12.2. The molecule has 1 amide bonds. The van der Waals surface area contributed by atoms with E-state index < -0.39 is 0 Å². The Morgan fingerprint density at radius 2 is 2.31 bits per heavy atom. The number of carbonyl (C=O) groups excluding carboxylic acids is 1. The summed E-state index contributed by atoms with van der Waals surface area (Å²) in [6, 6.07) is 0. The zero-order valence-corrected chi connectivity index (χ0v) is 10.5. The number of nitrogens with one attached hydrogen (secondary N) is 1. The molecule has 1 N–H and O–H groups in total. The maximum atomic E-state index is 12.2. The molecule has 0 aromatic heterocycles. The van der Waals surface area contributed by atoms with Gasteiger partial charge in [-0.2, -0.15) is 0 Å². The fourth-order valence-corrected chi connectivity index (χ4v) is 1.72. The summed E-state index contributed by atoms with van der Waals surface area (Å²) in [7, 11) is 0. The normalized spacial score (nSPS) is 21.6. The highest BCUT2D eigenvalue weighted by molar-refractivity contribution is 5.82. The summed E-state index contributed by atoms with van der Waals surface area (Å²) >= 11 is 0. The highest BCUT2D eigenvalue weighted by Crippen LogP contribution is 2.16. The van der Waals surface area contributed by atoms with E-state index in [1.54, 1.807) is 11.0 Å². The van der Waals surface area contributed by atoms with Crippen molar-refractivity contribution in [3.8, 4) is 0 Å². The summed E-state index contributed by atoms with van der Waals surface area (Å²) in [5, 5.41) is 3.17. The number of rotatable bonds is 3. The molecule has 0 aliphatic carbocycles. The number of hydrogen-bond donors (Lipinski definition) is 1. The average Bonchev–Trinajstić information content (AvgIpc) is 2.25. The van der Waals surface area contributed by atoms with Crippen molar-refractivity contribution in [3.05, 3.63) is 12.7 Å². The molecular formula is C12H22N2O2. The monoisotopic (exact) mass is 226 g/mol. The quantitative estimate of drug-likeness (QED) is 0.723. The Hall–Kier alpha value is -0.870. The van der Waals surface area contributed by atoms with Crippen molar-refractivity contribution in [2.45, 2.75) is 32.4 Å². The van der Waals surface area contributed by atoms with E-state index in [-0.39, 0.29) is 17.6 Å². The Balaban J connectivity index is 2.69. The van der Waals surface area contributed by atoms with E-state index >= 15 is 0 Å². The minimum atomic E-state index is -0.354. The smallest absolute Gasteiger partial charge is 0.253 e. The third-order valence-electron chi connectivity index (χ3n) is 2.59. The highest BCUT2D eigenvalue weighted by Gasteiger charge is 2.32. The SMILES string of the molecule is C=CCN(C(=O)C1CNCCO1)C(C)(C)C. The van der Waals surface area contributed by atoms with E-state index in [0.717, 1.165) is 6.54 Å². The Morgan fingerprint density at radius 3 is 2.75 bits per heavy atom. The molecule has 1 aliphatic rings. The van der Waals surface area contributed by atoms with Crippen LogP contribution >= 0.6 is 0 Å². The van der Waals surface area contributed by atoms with Crippen molar-refractivity contribution in [2.24, 2.45) is 0 Å². The van der Waals surface area contributed by atoms with Gasteiger partial charge in [0.25, 0.3) is 5.91 Å². The van der Waals surface area contributed by atoms with Gasteiger partial charge in [0.1, 0.15) is 6.10 Å². The lowest BCUT2D eigenvalue weighted by Gasteiger charge is -2.38. The zero-order valence-electron chi connectivity index (χ0n) is 10.5. The number of ether oxygens (including phenoxy) is 1. The van der Waals surface area contributed by atoms with Crippen LogP contribution in [0.3, 0.4) is 0 Å². The summed E-state index contributed by atoms with van der Waals surface area (Å²) < 4.78 is 5.47. The lowest BCUT2D eigenvalue weighted by Crippen LogP contribution is -2.54. The molecule has 0 aromatic carbocycles. The molecule has 1 fully saturated rings. The average molecular weight is 226 g/mol. The van der Waals surface area contributed by atoms with Crippen LogP contribution in [0, 0.1) is 0 Å². The predicted octanol–water partition coefficient (Wildman–Crippen LogP) is 0.788. The van der Waals surface area contributed by atoms with Crippen LogP contribution in [-0.4, -0.2) is 48.7 Å². The minimum Gasteiger partial charge on any atom is -0.366 e. The first kappa shape index (κ1) is 13.2. The standard InChI is InChI=1S/C12H22N2O2/c1-5-7-14(12(2,3)4)11(15)10-9-13-6-8-16-10/h5,10,13H,1,6-9H2,2-4H3. The number of nitrogens with zero attached hydrogens (tertiary/aromatic N) is 1. The number of morpholine rings is 1. The first-order valence-corrected chi connectivity index (χ1v) is 5.71. The molecule has 92 valence electrons. The van der Waals surface area contributed by atoms with Crippen LogP contribution < -0.4 is 5.32 Å². The van der Waals surface area contributed by atoms with E-state index in [2.05, 4.69) is 11.9 Å². The summed E-state index contributed by atoms with van der Waals surface area (Å²) in [5.74, 6) is 0.0413. The van der Waals surface area contributed by atoms with Crippen molar-refractivity contribution >= 4 is 5.91 Å². The highest BCUT2D eigenvalue weighted by atomic mass is 16.5. The first-order chi connectivity index (χ1) is 7.46. The maximum Gasteiger partial charge on any atom is 0.253 e. The molecule has 0 aromatic rings. The Morgan fingerprint density at radius 1 is 1.62 bits per heavy atom. The molecule has 4 nitrogen and oxygen atoms in total. The lowest BCUT2D eigenvalue weighted by molar-refractivity contribution is -0.149. The molecule has 0 saturated carbocycles. The van der Waals surface area contributed by atoms with E-state index in [4.69, 9.17) is 4.74 Å². The number of carbonyl (C=O) groups is 1. The van der Waals surface area contributed by atoms with Gasteiger partial charge in [0, 0.05) is 25.2 Å². The van der Waals surface area contributed by atoms with Gasteiger partial charge in [-0.25, -0.2) is 0 Å². The molecule has 0 spiro atoms. The van der Waals surface area contributed by atoms with Crippen molar-refractivity contribution in [2.75, 3.05) is 26.2 Å². The van der Waals surface area contributed by atoms with E-state index in [9.17, 15) is 4.79 Å². The Bertz CT molecular complexity index is 252. The fourth-order valence-electron chi connectivity index (χ4n) is 1.72. The van der Waals surface area contributed by atoms with Gasteiger partial charge < -0.3 is 15.0 Å². The molecule has 1 unspecified atom stereocenters. The third kappa shape index (κ3) is 3.32. The van der Waals surface area contributed by atoms with Crippen molar-refractivity contribution in [3.63, 3.8) is 0 Å². The lowest BCUT2D eigenvalue weighted by atomic mass is 10.0. The van der Waals surface area contributed by atoms with Gasteiger partial charge in [0.05, 0.1) is 6.61 Å². The zero-order chi connectivity index (χ0) is 12.2. The Kier molecular flexibility index (Phi) is 4.50. The second-order valence-electron chi connectivity index (χ2n) is 4.97. The molecule has 1 heterocycles. The molecule has 1 aliphatic heterocycles. The fraction of sp³-hybridized carbons (Fsp3) is 0.750.